The molecule has 0 bridgehead atoms. The van der Waals surface area contributed by atoms with E-state index in [0.717, 1.165) is 18.4 Å². The SMILES string of the molecule is CC1CCC(CN(C)CC(C)CO)CC1. The average Bonchev–Trinajstić information content (AvgIpc) is 2.21. The molecular formula is C13H27NO. The lowest BCUT2D eigenvalue weighted by Crippen LogP contribution is -2.32. The molecule has 0 aromatic carbocycles. The zero-order chi connectivity index (χ0) is 11.3. The van der Waals surface area contributed by atoms with E-state index < -0.39 is 0 Å². The highest BCUT2D eigenvalue weighted by molar-refractivity contribution is 4.72. The molecule has 2 heteroatoms. The first-order chi connectivity index (χ1) is 7.11. The predicted molar refractivity (Wildman–Crippen MR) is 64.9 cm³/mol. The molecule has 0 aromatic rings. The third kappa shape index (κ3) is 4.98. The molecule has 2 nitrogen and oxygen atoms in total. The molecule has 1 unspecified atom stereocenters. The van der Waals surface area contributed by atoms with Crippen molar-refractivity contribution in [3.63, 3.8) is 0 Å². The monoisotopic (exact) mass is 213 g/mol. The summed E-state index contributed by atoms with van der Waals surface area (Å²) in [7, 11) is 2.18. The maximum Gasteiger partial charge on any atom is 0.0468 e. The third-order valence-corrected chi connectivity index (χ3v) is 3.64. The summed E-state index contributed by atoms with van der Waals surface area (Å²) in [6, 6.07) is 0. The van der Waals surface area contributed by atoms with Gasteiger partial charge >= 0.3 is 0 Å². The fraction of sp³-hybridized carbons (Fsp3) is 1.00. The highest BCUT2D eigenvalue weighted by atomic mass is 16.3. The van der Waals surface area contributed by atoms with Gasteiger partial charge in [-0.25, -0.2) is 0 Å². The van der Waals surface area contributed by atoms with Gasteiger partial charge in [-0.15, -0.1) is 0 Å². The smallest absolute Gasteiger partial charge is 0.0468 e. The molecule has 1 rings (SSSR count). The Hall–Kier alpha value is -0.0800. The second kappa shape index (κ2) is 6.49. The first kappa shape index (κ1) is 13.0. The van der Waals surface area contributed by atoms with E-state index in [1.807, 2.05) is 0 Å². The topological polar surface area (TPSA) is 23.5 Å². The van der Waals surface area contributed by atoms with Crippen molar-refractivity contribution in [1.29, 1.82) is 0 Å². The van der Waals surface area contributed by atoms with Crippen molar-refractivity contribution in [3.05, 3.63) is 0 Å². The van der Waals surface area contributed by atoms with Crippen molar-refractivity contribution >= 4 is 0 Å². The highest BCUT2D eigenvalue weighted by Gasteiger charge is 2.19. The largest absolute Gasteiger partial charge is 0.396 e. The number of hydrogen-bond acceptors (Lipinski definition) is 2. The fourth-order valence-corrected chi connectivity index (χ4v) is 2.62. The van der Waals surface area contributed by atoms with Crippen molar-refractivity contribution in [1.82, 2.24) is 4.90 Å². The summed E-state index contributed by atoms with van der Waals surface area (Å²) in [5, 5.41) is 9.00. The highest BCUT2D eigenvalue weighted by Crippen LogP contribution is 2.28. The minimum Gasteiger partial charge on any atom is -0.396 e. The Morgan fingerprint density at radius 3 is 2.40 bits per heavy atom. The van der Waals surface area contributed by atoms with Crippen molar-refractivity contribution in [2.24, 2.45) is 17.8 Å². The van der Waals surface area contributed by atoms with Gasteiger partial charge < -0.3 is 10.0 Å². The van der Waals surface area contributed by atoms with Crippen LogP contribution < -0.4 is 0 Å². The Labute approximate surface area is 94.7 Å². The van der Waals surface area contributed by atoms with Gasteiger partial charge in [0.15, 0.2) is 0 Å². The molecule has 1 aliphatic rings. The maximum atomic E-state index is 9.00. The molecule has 0 spiro atoms. The second-order valence-corrected chi connectivity index (χ2v) is 5.63. The van der Waals surface area contributed by atoms with Crippen LogP contribution in [0.4, 0.5) is 0 Å². The van der Waals surface area contributed by atoms with Crippen LogP contribution in [0, 0.1) is 17.8 Å². The fourth-order valence-electron chi connectivity index (χ4n) is 2.62. The molecule has 0 amide bonds. The lowest BCUT2D eigenvalue weighted by Gasteiger charge is -2.30. The average molecular weight is 213 g/mol. The van der Waals surface area contributed by atoms with Crippen LogP contribution in [0.5, 0.6) is 0 Å². The maximum absolute atomic E-state index is 9.00. The molecule has 15 heavy (non-hydrogen) atoms. The summed E-state index contributed by atoms with van der Waals surface area (Å²) in [6.45, 7) is 7.04. The molecule has 1 aliphatic carbocycles. The van der Waals surface area contributed by atoms with Crippen LogP contribution in [-0.4, -0.2) is 36.8 Å². The number of rotatable bonds is 5. The summed E-state index contributed by atoms with van der Waals surface area (Å²) in [5.74, 6) is 2.26. The van der Waals surface area contributed by atoms with Gasteiger partial charge in [-0.3, -0.25) is 0 Å². The van der Waals surface area contributed by atoms with Crippen LogP contribution in [0.3, 0.4) is 0 Å². The third-order valence-electron chi connectivity index (χ3n) is 3.64. The first-order valence-electron chi connectivity index (χ1n) is 6.41. The molecule has 1 N–H and O–H groups in total. The van der Waals surface area contributed by atoms with E-state index in [9.17, 15) is 0 Å². The summed E-state index contributed by atoms with van der Waals surface area (Å²) in [6.07, 6.45) is 5.63. The Kier molecular flexibility index (Phi) is 5.62. The van der Waals surface area contributed by atoms with E-state index in [1.165, 1.54) is 32.2 Å². The standard InChI is InChI=1S/C13H27NO/c1-11-4-6-13(7-5-11)9-14(3)8-12(2)10-15/h11-13,15H,4-10H2,1-3H3. The Morgan fingerprint density at radius 2 is 1.87 bits per heavy atom. The van der Waals surface area contributed by atoms with Gasteiger partial charge in [0.05, 0.1) is 0 Å². The van der Waals surface area contributed by atoms with Crippen LogP contribution in [-0.2, 0) is 0 Å². The van der Waals surface area contributed by atoms with E-state index in [2.05, 4.69) is 25.8 Å². The number of aliphatic hydroxyl groups is 1. The lowest BCUT2D eigenvalue weighted by atomic mass is 9.83. The van der Waals surface area contributed by atoms with E-state index in [-0.39, 0.29) is 0 Å². The normalized spacial score (nSPS) is 29.4. The van der Waals surface area contributed by atoms with Gasteiger partial charge in [-0.2, -0.15) is 0 Å². The Morgan fingerprint density at radius 1 is 1.27 bits per heavy atom. The van der Waals surface area contributed by atoms with E-state index in [0.29, 0.717) is 12.5 Å². The molecule has 0 aromatic heterocycles. The molecule has 1 atom stereocenters. The van der Waals surface area contributed by atoms with E-state index >= 15 is 0 Å². The van der Waals surface area contributed by atoms with Crippen molar-refractivity contribution in [2.75, 3.05) is 26.7 Å². The molecule has 0 heterocycles. The summed E-state index contributed by atoms with van der Waals surface area (Å²) in [5.41, 5.74) is 0. The summed E-state index contributed by atoms with van der Waals surface area (Å²) in [4.78, 5) is 2.39. The van der Waals surface area contributed by atoms with Gasteiger partial charge in [0.1, 0.15) is 0 Å². The Balaban J connectivity index is 2.17. The van der Waals surface area contributed by atoms with Gasteiger partial charge in [0.2, 0.25) is 0 Å². The van der Waals surface area contributed by atoms with Crippen LogP contribution in [0.2, 0.25) is 0 Å². The van der Waals surface area contributed by atoms with Crippen molar-refractivity contribution in [2.45, 2.75) is 39.5 Å². The molecule has 0 saturated heterocycles. The lowest BCUT2D eigenvalue weighted by molar-refractivity contribution is 0.160. The number of aliphatic hydroxyl groups excluding tert-OH is 1. The van der Waals surface area contributed by atoms with Crippen LogP contribution in [0.15, 0.2) is 0 Å². The van der Waals surface area contributed by atoms with Gasteiger partial charge in [-0.05, 0) is 37.6 Å². The van der Waals surface area contributed by atoms with E-state index in [1.54, 1.807) is 0 Å². The zero-order valence-corrected chi connectivity index (χ0v) is 10.6. The van der Waals surface area contributed by atoms with Gasteiger partial charge in [-0.1, -0.05) is 26.7 Å². The number of nitrogens with zero attached hydrogens (tertiary/aromatic N) is 1. The molecule has 90 valence electrons. The summed E-state index contributed by atoms with van der Waals surface area (Å²) >= 11 is 0. The van der Waals surface area contributed by atoms with Crippen LogP contribution >= 0.6 is 0 Å². The van der Waals surface area contributed by atoms with Gasteiger partial charge in [0.25, 0.3) is 0 Å². The molecule has 0 aliphatic heterocycles. The van der Waals surface area contributed by atoms with Crippen LogP contribution in [0.1, 0.15) is 39.5 Å². The van der Waals surface area contributed by atoms with Crippen molar-refractivity contribution < 1.29 is 5.11 Å². The zero-order valence-electron chi connectivity index (χ0n) is 10.6. The molecule has 1 fully saturated rings. The number of hydrogen-bond donors (Lipinski definition) is 1. The van der Waals surface area contributed by atoms with Crippen molar-refractivity contribution in [3.8, 4) is 0 Å². The summed E-state index contributed by atoms with van der Waals surface area (Å²) < 4.78 is 0. The van der Waals surface area contributed by atoms with Crippen LogP contribution in [0.25, 0.3) is 0 Å². The minimum absolute atomic E-state index is 0.312. The molecule has 0 radical (unpaired) electrons. The molecular weight excluding hydrogens is 186 g/mol. The van der Waals surface area contributed by atoms with E-state index in [4.69, 9.17) is 5.11 Å². The Bertz CT molecular complexity index is 164. The first-order valence-corrected chi connectivity index (χ1v) is 6.41. The second-order valence-electron chi connectivity index (χ2n) is 5.63. The minimum atomic E-state index is 0.312. The quantitative estimate of drug-likeness (QED) is 0.758. The predicted octanol–water partition coefficient (Wildman–Crippen LogP) is 2.37. The molecule has 1 saturated carbocycles. The van der Waals surface area contributed by atoms with Gasteiger partial charge in [0, 0.05) is 19.7 Å².